The number of para-hydroxylation sites is 1. The molecule has 1 heterocycles. The SMILES string of the molecule is c1ccc(OCCCCN2CCCN(C3CCCC3)CC2)cc1. The van der Waals surface area contributed by atoms with Gasteiger partial charge in [0.25, 0.3) is 0 Å². The first-order valence-corrected chi connectivity index (χ1v) is 9.56. The second-order valence-corrected chi connectivity index (χ2v) is 7.04. The molecule has 0 amide bonds. The van der Waals surface area contributed by atoms with Crippen LogP contribution in [0.5, 0.6) is 5.75 Å². The van der Waals surface area contributed by atoms with E-state index in [1.54, 1.807) is 0 Å². The molecule has 0 aromatic heterocycles. The molecule has 0 spiro atoms. The number of rotatable bonds is 7. The summed E-state index contributed by atoms with van der Waals surface area (Å²) in [6.07, 6.45) is 9.53. The first-order chi connectivity index (χ1) is 11.4. The van der Waals surface area contributed by atoms with Crippen molar-refractivity contribution >= 4 is 0 Å². The minimum absolute atomic E-state index is 0.839. The Kier molecular flexibility index (Phi) is 6.78. The highest BCUT2D eigenvalue weighted by atomic mass is 16.5. The number of hydrogen-bond donors (Lipinski definition) is 0. The van der Waals surface area contributed by atoms with E-state index in [1.807, 2.05) is 30.3 Å². The maximum Gasteiger partial charge on any atom is 0.119 e. The molecule has 0 N–H and O–H groups in total. The topological polar surface area (TPSA) is 15.7 Å². The van der Waals surface area contributed by atoms with Gasteiger partial charge in [0, 0.05) is 19.1 Å². The number of benzene rings is 1. The Balaban J connectivity index is 1.28. The Labute approximate surface area is 141 Å². The molecule has 1 saturated heterocycles. The van der Waals surface area contributed by atoms with Crippen molar-refractivity contribution in [1.82, 2.24) is 9.80 Å². The Bertz CT molecular complexity index is 431. The summed E-state index contributed by atoms with van der Waals surface area (Å²) in [4.78, 5) is 5.43. The summed E-state index contributed by atoms with van der Waals surface area (Å²) < 4.78 is 5.78. The van der Waals surface area contributed by atoms with Gasteiger partial charge in [0.05, 0.1) is 6.61 Å². The van der Waals surface area contributed by atoms with Crippen LogP contribution in [0.25, 0.3) is 0 Å². The number of hydrogen-bond acceptors (Lipinski definition) is 3. The van der Waals surface area contributed by atoms with Crippen molar-refractivity contribution < 1.29 is 4.74 Å². The van der Waals surface area contributed by atoms with Gasteiger partial charge in [-0.3, -0.25) is 4.90 Å². The minimum atomic E-state index is 0.839. The minimum Gasteiger partial charge on any atom is -0.494 e. The predicted molar refractivity (Wildman–Crippen MR) is 96.1 cm³/mol. The molecular weight excluding hydrogens is 284 g/mol. The average Bonchev–Trinajstić information content (AvgIpc) is 3.02. The third kappa shape index (κ3) is 5.50. The lowest BCUT2D eigenvalue weighted by molar-refractivity contribution is 0.198. The molecule has 1 aliphatic carbocycles. The van der Waals surface area contributed by atoms with Gasteiger partial charge in [-0.2, -0.15) is 0 Å². The van der Waals surface area contributed by atoms with Gasteiger partial charge in [0.1, 0.15) is 5.75 Å². The summed E-state index contributed by atoms with van der Waals surface area (Å²) in [5.74, 6) is 0.995. The molecule has 23 heavy (non-hydrogen) atoms. The van der Waals surface area contributed by atoms with E-state index in [-0.39, 0.29) is 0 Å². The Morgan fingerprint density at radius 3 is 2.52 bits per heavy atom. The van der Waals surface area contributed by atoms with Gasteiger partial charge < -0.3 is 9.64 Å². The third-order valence-electron chi connectivity index (χ3n) is 5.34. The Morgan fingerprint density at radius 1 is 0.870 bits per heavy atom. The molecule has 0 bridgehead atoms. The second-order valence-electron chi connectivity index (χ2n) is 7.04. The van der Waals surface area contributed by atoms with Crippen molar-refractivity contribution in [2.45, 2.75) is 51.0 Å². The van der Waals surface area contributed by atoms with Crippen molar-refractivity contribution in [1.29, 1.82) is 0 Å². The Morgan fingerprint density at radius 2 is 1.70 bits per heavy atom. The molecule has 3 nitrogen and oxygen atoms in total. The summed E-state index contributed by atoms with van der Waals surface area (Å²) in [5, 5.41) is 0. The summed E-state index contributed by atoms with van der Waals surface area (Å²) in [5.41, 5.74) is 0. The van der Waals surface area contributed by atoms with Gasteiger partial charge in [-0.25, -0.2) is 0 Å². The van der Waals surface area contributed by atoms with Crippen LogP contribution in [-0.2, 0) is 0 Å². The van der Waals surface area contributed by atoms with Crippen molar-refractivity contribution in [2.24, 2.45) is 0 Å². The van der Waals surface area contributed by atoms with Gasteiger partial charge in [-0.15, -0.1) is 0 Å². The summed E-state index contributed by atoms with van der Waals surface area (Å²) in [7, 11) is 0. The zero-order valence-electron chi connectivity index (χ0n) is 14.5. The molecule has 0 unspecified atom stereocenters. The lowest BCUT2D eigenvalue weighted by Crippen LogP contribution is -2.37. The summed E-state index contributed by atoms with van der Waals surface area (Å²) in [6.45, 7) is 7.21. The largest absolute Gasteiger partial charge is 0.494 e. The van der Waals surface area contributed by atoms with Gasteiger partial charge in [0.2, 0.25) is 0 Å². The van der Waals surface area contributed by atoms with Gasteiger partial charge in [0.15, 0.2) is 0 Å². The van der Waals surface area contributed by atoms with E-state index in [0.717, 1.165) is 24.8 Å². The lowest BCUT2D eigenvalue weighted by atomic mass is 10.2. The van der Waals surface area contributed by atoms with E-state index in [1.165, 1.54) is 71.2 Å². The molecule has 1 saturated carbocycles. The molecule has 0 atom stereocenters. The highest BCUT2D eigenvalue weighted by Crippen LogP contribution is 2.24. The molecular formula is C20H32N2O. The smallest absolute Gasteiger partial charge is 0.119 e. The third-order valence-corrected chi connectivity index (χ3v) is 5.34. The van der Waals surface area contributed by atoms with E-state index in [2.05, 4.69) is 9.80 Å². The molecule has 2 aliphatic rings. The summed E-state index contributed by atoms with van der Waals surface area (Å²) >= 11 is 0. The quantitative estimate of drug-likeness (QED) is 0.712. The number of nitrogens with zero attached hydrogens (tertiary/aromatic N) is 2. The zero-order valence-corrected chi connectivity index (χ0v) is 14.5. The maximum atomic E-state index is 5.78. The maximum absolute atomic E-state index is 5.78. The van der Waals surface area contributed by atoms with E-state index >= 15 is 0 Å². The van der Waals surface area contributed by atoms with E-state index in [0.29, 0.717) is 0 Å². The molecule has 2 fully saturated rings. The van der Waals surface area contributed by atoms with Crippen LogP contribution in [0.2, 0.25) is 0 Å². The van der Waals surface area contributed by atoms with Gasteiger partial charge >= 0.3 is 0 Å². The van der Waals surface area contributed by atoms with Crippen LogP contribution in [-0.4, -0.2) is 55.2 Å². The number of ether oxygens (including phenoxy) is 1. The van der Waals surface area contributed by atoms with Crippen LogP contribution >= 0.6 is 0 Å². The van der Waals surface area contributed by atoms with E-state index in [9.17, 15) is 0 Å². The highest BCUT2D eigenvalue weighted by Gasteiger charge is 2.24. The van der Waals surface area contributed by atoms with Crippen molar-refractivity contribution in [3.8, 4) is 5.75 Å². The Hall–Kier alpha value is -1.06. The molecule has 1 aliphatic heterocycles. The molecule has 3 heteroatoms. The number of unbranched alkanes of at least 4 members (excludes halogenated alkanes) is 1. The van der Waals surface area contributed by atoms with Crippen LogP contribution in [0.4, 0.5) is 0 Å². The predicted octanol–water partition coefficient (Wildman–Crippen LogP) is 3.80. The molecule has 1 aromatic carbocycles. The van der Waals surface area contributed by atoms with E-state index < -0.39 is 0 Å². The normalized spacial score (nSPS) is 21.4. The standard InChI is InChI=1S/C20H32N2O/c1-2-11-20(12-3-1)23-18-7-6-13-21-14-8-15-22(17-16-21)19-9-4-5-10-19/h1-3,11-12,19H,4-10,13-18H2. The van der Waals surface area contributed by atoms with Crippen LogP contribution in [0.1, 0.15) is 44.9 Å². The summed E-state index contributed by atoms with van der Waals surface area (Å²) in [6, 6.07) is 11.1. The molecule has 0 radical (unpaired) electrons. The van der Waals surface area contributed by atoms with Crippen molar-refractivity contribution in [2.75, 3.05) is 39.3 Å². The molecule has 128 valence electrons. The van der Waals surface area contributed by atoms with Gasteiger partial charge in [-0.1, -0.05) is 31.0 Å². The first kappa shape index (κ1) is 16.8. The van der Waals surface area contributed by atoms with Crippen LogP contribution in [0, 0.1) is 0 Å². The monoisotopic (exact) mass is 316 g/mol. The fourth-order valence-corrected chi connectivity index (χ4v) is 3.99. The molecule has 1 aromatic rings. The van der Waals surface area contributed by atoms with Crippen LogP contribution < -0.4 is 4.74 Å². The van der Waals surface area contributed by atoms with Gasteiger partial charge in [-0.05, 0) is 63.9 Å². The van der Waals surface area contributed by atoms with E-state index in [4.69, 9.17) is 4.74 Å². The second kappa shape index (κ2) is 9.29. The van der Waals surface area contributed by atoms with Crippen LogP contribution in [0.15, 0.2) is 30.3 Å². The lowest BCUT2D eigenvalue weighted by Gasteiger charge is -2.27. The zero-order chi connectivity index (χ0) is 15.7. The van der Waals surface area contributed by atoms with Crippen LogP contribution in [0.3, 0.4) is 0 Å². The van der Waals surface area contributed by atoms with Crippen molar-refractivity contribution in [3.63, 3.8) is 0 Å². The first-order valence-electron chi connectivity index (χ1n) is 9.56. The fraction of sp³-hybridized carbons (Fsp3) is 0.700. The average molecular weight is 316 g/mol. The highest BCUT2D eigenvalue weighted by molar-refractivity contribution is 5.20. The fourth-order valence-electron chi connectivity index (χ4n) is 3.99. The molecule has 3 rings (SSSR count). The van der Waals surface area contributed by atoms with Crippen molar-refractivity contribution in [3.05, 3.63) is 30.3 Å².